The van der Waals surface area contributed by atoms with Gasteiger partial charge in [-0.2, -0.15) is 0 Å². The van der Waals surface area contributed by atoms with E-state index in [4.69, 9.17) is 9.05 Å². The molecule has 0 N–H and O–H groups in total. The van der Waals surface area contributed by atoms with Crippen LogP contribution in [0.15, 0.2) is 36.4 Å². The van der Waals surface area contributed by atoms with E-state index in [9.17, 15) is 9.36 Å². The van der Waals surface area contributed by atoms with Crippen LogP contribution in [0.4, 0.5) is 0 Å². The Labute approximate surface area is 157 Å². The number of carbonyl (C=O) groups is 1. The van der Waals surface area contributed by atoms with Gasteiger partial charge in [0.2, 0.25) is 0 Å². The van der Waals surface area contributed by atoms with Crippen molar-refractivity contribution < 1.29 is 18.4 Å². The van der Waals surface area contributed by atoms with Gasteiger partial charge in [-0.15, -0.1) is 0 Å². The highest BCUT2D eigenvalue weighted by molar-refractivity contribution is 7.52. The first-order chi connectivity index (χ1) is 12.4. The summed E-state index contributed by atoms with van der Waals surface area (Å²) in [5.74, 6) is -0.339. The SMILES string of the molecule is CCCCCCN(C(=O)C=Cc1ccccc1)P1(=O)OCC(C)(C)CO1. The summed E-state index contributed by atoms with van der Waals surface area (Å²) in [4.78, 5) is 12.8. The van der Waals surface area contributed by atoms with Crippen molar-refractivity contribution in [2.24, 2.45) is 5.41 Å². The van der Waals surface area contributed by atoms with Gasteiger partial charge < -0.3 is 0 Å². The Balaban J connectivity index is 2.11. The van der Waals surface area contributed by atoms with Crippen LogP contribution >= 0.6 is 7.75 Å². The summed E-state index contributed by atoms with van der Waals surface area (Å²) in [6.45, 7) is 7.09. The van der Waals surface area contributed by atoms with Crippen LogP contribution in [-0.2, 0) is 18.4 Å². The Morgan fingerprint density at radius 1 is 1.15 bits per heavy atom. The molecule has 1 saturated heterocycles. The molecule has 0 aromatic heterocycles. The maximum Gasteiger partial charge on any atom is 0.437 e. The van der Waals surface area contributed by atoms with E-state index in [1.165, 1.54) is 10.7 Å². The number of nitrogens with zero attached hydrogens (tertiary/aromatic N) is 1. The second-order valence-corrected chi connectivity index (χ2v) is 9.38. The molecule has 0 aliphatic carbocycles. The number of unbranched alkanes of at least 4 members (excludes halogenated alkanes) is 3. The zero-order valence-electron chi connectivity index (χ0n) is 16.0. The Morgan fingerprint density at radius 2 is 1.81 bits per heavy atom. The van der Waals surface area contributed by atoms with Crippen molar-refractivity contribution in [1.29, 1.82) is 0 Å². The van der Waals surface area contributed by atoms with Gasteiger partial charge in [0, 0.05) is 18.0 Å². The van der Waals surface area contributed by atoms with Crippen molar-refractivity contribution in [2.75, 3.05) is 19.8 Å². The standard InChI is InChI=1S/C20H30NO4P/c1-4-5-6-10-15-21(26(23)24-16-20(2,3)17-25-26)19(22)14-13-18-11-8-7-9-12-18/h7-9,11-14H,4-6,10,15-17H2,1-3H3. The molecule has 26 heavy (non-hydrogen) atoms. The fraction of sp³-hybridized carbons (Fsp3) is 0.550. The van der Waals surface area contributed by atoms with Gasteiger partial charge in [-0.3, -0.25) is 13.8 Å². The van der Waals surface area contributed by atoms with E-state index in [1.807, 2.05) is 44.2 Å². The molecular formula is C20H30NO4P. The van der Waals surface area contributed by atoms with Crippen molar-refractivity contribution in [3.8, 4) is 0 Å². The number of carbonyl (C=O) groups excluding carboxylic acids is 1. The lowest BCUT2D eigenvalue weighted by molar-refractivity contribution is -0.123. The smallest absolute Gasteiger partial charge is 0.291 e. The summed E-state index contributed by atoms with van der Waals surface area (Å²) in [7, 11) is -3.60. The Kier molecular flexibility index (Phi) is 7.63. The van der Waals surface area contributed by atoms with Gasteiger partial charge in [-0.25, -0.2) is 9.24 Å². The Morgan fingerprint density at radius 3 is 2.42 bits per heavy atom. The quantitative estimate of drug-likeness (QED) is 0.350. The van der Waals surface area contributed by atoms with E-state index in [0.29, 0.717) is 19.8 Å². The Bertz CT molecular complexity index is 643. The fourth-order valence-electron chi connectivity index (χ4n) is 2.59. The van der Waals surface area contributed by atoms with E-state index in [-0.39, 0.29) is 11.3 Å². The first-order valence-electron chi connectivity index (χ1n) is 9.30. The first-order valence-corrected chi connectivity index (χ1v) is 10.8. The van der Waals surface area contributed by atoms with Crippen molar-refractivity contribution >= 4 is 19.7 Å². The average molecular weight is 379 g/mol. The second-order valence-electron chi connectivity index (χ2n) is 7.45. The van der Waals surface area contributed by atoms with Gasteiger partial charge in [0.05, 0.1) is 13.2 Å². The second kappa shape index (κ2) is 9.50. The molecule has 0 radical (unpaired) electrons. The van der Waals surface area contributed by atoms with Crippen LogP contribution in [0.5, 0.6) is 0 Å². The molecular weight excluding hydrogens is 349 g/mol. The minimum Gasteiger partial charge on any atom is -0.291 e. The van der Waals surface area contributed by atoms with Gasteiger partial charge in [-0.1, -0.05) is 70.4 Å². The monoisotopic (exact) mass is 379 g/mol. The molecule has 5 nitrogen and oxygen atoms in total. The number of amides is 1. The summed E-state index contributed by atoms with van der Waals surface area (Å²) in [5, 5.41) is 0. The molecule has 144 valence electrons. The maximum atomic E-state index is 13.2. The van der Waals surface area contributed by atoms with Crippen LogP contribution in [0.2, 0.25) is 0 Å². The summed E-state index contributed by atoms with van der Waals surface area (Å²) in [6.07, 6.45) is 7.11. The third kappa shape index (κ3) is 6.08. The summed E-state index contributed by atoms with van der Waals surface area (Å²) >= 11 is 0. The van der Waals surface area contributed by atoms with Crippen molar-refractivity contribution in [2.45, 2.75) is 46.5 Å². The van der Waals surface area contributed by atoms with E-state index in [0.717, 1.165) is 31.2 Å². The number of hydrogen-bond acceptors (Lipinski definition) is 4. The topological polar surface area (TPSA) is 55.8 Å². The zero-order valence-corrected chi connectivity index (χ0v) is 16.9. The molecule has 1 aliphatic rings. The molecule has 0 bridgehead atoms. The van der Waals surface area contributed by atoms with E-state index < -0.39 is 7.75 Å². The molecule has 1 fully saturated rings. The highest BCUT2D eigenvalue weighted by atomic mass is 31.2. The molecule has 1 aromatic carbocycles. The lowest BCUT2D eigenvalue weighted by atomic mass is 9.97. The lowest BCUT2D eigenvalue weighted by Crippen LogP contribution is -2.37. The highest BCUT2D eigenvalue weighted by Crippen LogP contribution is 2.56. The molecule has 1 heterocycles. The van der Waals surface area contributed by atoms with Crippen LogP contribution < -0.4 is 0 Å². The van der Waals surface area contributed by atoms with Crippen LogP contribution in [-0.4, -0.2) is 30.3 Å². The minimum absolute atomic E-state index is 0.204. The molecule has 0 atom stereocenters. The van der Waals surface area contributed by atoms with Crippen molar-refractivity contribution in [3.05, 3.63) is 42.0 Å². The lowest BCUT2D eigenvalue weighted by Gasteiger charge is -2.38. The largest absolute Gasteiger partial charge is 0.437 e. The molecule has 6 heteroatoms. The fourth-order valence-corrected chi connectivity index (χ4v) is 4.66. The number of benzene rings is 1. The van der Waals surface area contributed by atoms with Crippen molar-refractivity contribution in [3.63, 3.8) is 0 Å². The van der Waals surface area contributed by atoms with E-state index >= 15 is 0 Å². The van der Waals surface area contributed by atoms with Gasteiger partial charge in [-0.05, 0) is 18.1 Å². The predicted octanol–water partition coefficient (Wildman–Crippen LogP) is 5.29. The molecule has 0 spiro atoms. The van der Waals surface area contributed by atoms with E-state index in [1.54, 1.807) is 6.08 Å². The van der Waals surface area contributed by atoms with Gasteiger partial charge in [0.25, 0.3) is 5.91 Å². The zero-order chi connectivity index (χ0) is 19.0. The normalized spacial score (nSPS) is 18.7. The third-order valence-electron chi connectivity index (χ3n) is 4.23. The molecule has 1 aromatic rings. The molecule has 1 aliphatic heterocycles. The van der Waals surface area contributed by atoms with Crippen LogP contribution in [0.3, 0.4) is 0 Å². The molecule has 0 saturated carbocycles. The van der Waals surface area contributed by atoms with Crippen LogP contribution in [0.1, 0.15) is 52.0 Å². The van der Waals surface area contributed by atoms with Gasteiger partial charge in [0.15, 0.2) is 0 Å². The van der Waals surface area contributed by atoms with Crippen LogP contribution in [0, 0.1) is 5.41 Å². The summed E-state index contributed by atoms with van der Waals surface area (Å²) in [6, 6.07) is 9.55. The van der Waals surface area contributed by atoms with Gasteiger partial charge in [0.1, 0.15) is 0 Å². The minimum atomic E-state index is -3.60. The third-order valence-corrected chi connectivity index (χ3v) is 6.13. The van der Waals surface area contributed by atoms with Gasteiger partial charge >= 0.3 is 7.75 Å². The first kappa shape index (κ1) is 20.9. The predicted molar refractivity (Wildman–Crippen MR) is 105 cm³/mol. The molecule has 0 unspecified atom stereocenters. The molecule has 1 amide bonds. The average Bonchev–Trinajstić information content (AvgIpc) is 2.63. The highest BCUT2D eigenvalue weighted by Gasteiger charge is 2.43. The summed E-state index contributed by atoms with van der Waals surface area (Å²) in [5.41, 5.74) is 0.710. The van der Waals surface area contributed by atoms with Crippen molar-refractivity contribution in [1.82, 2.24) is 4.67 Å². The molecule has 2 rings (SSSR count). The van der Waals surface area contributed by atoms with E-state index in [2.05, 4.69) is 6.92 Å². The number of rotatable bonds is 8. The van der Waals surface area contributed by atoms with Crippen LogP contribution in [0.25, 0.3) is 6.08 Å². The Hall–Kier alpha value is -1.42. The summed E-state index contributed by atoms with van der Waals surface area (Å²) < 4.78 is 25.6. The number of hydrogen-bond donors (Lipinski definition) is 0. The maximum absolute atomic E-state index is 13.2.